The first-order chi connectivity index (χ1) is 17.4. The minimum atomic E-state index is -1.03. The van der Waals surface area contributed by atoms with E-state index < -0.39 is 47.4 Å². The van der Waals surface area contributed by atoms with Gasteiger partial charge in [0.05, 0.1) is 12.1 Å². The van der Waals surface area contributed by atoms with Crippen molar-refractivity contribution in [1.82, 2.24) is 20.4 Å². The molecular weight excluding hydrogens is 484 g/mol. The Bertz CT molecular complexity index is 1020. The molecule has 1 aromatic carbocycles. The number of aldehydes is 1. The Labute approximate surface area is 216 Å². The third-order valence-corrected chi connectivity index (χ3v) is 6.57. The lowest BCUT2D eigenvalue weighted by Crippen LogP contribution is -2.56. The van der Waals surface area contributed by atoms with Crippen LogP contribution in [0.3, 0.4) is 0 Å². The van der Waals surface area contributed by atoms with Gasteiger partial charge in [0.1, 0.15) is 35.6 Å². The van der Waals surface area contributed by atoms with Crippen LogP contribution in [0.15, 0.2) is 18.2 Å². The molecule has 9 nitrogen and oxygen atoms in total. The molecule has 202 valence electrons. The van der Waals surface area contributed by atoms with Crippen LogP contribution in [-0.4, -0.2) is 77.5 Å². The van der Waals surface area contributed by atoms with Crippen molar-refractivity contribution in [3.8, 4) is 6.07 Å². The molecule has 2 heterocycles. The van der Waals surface area contributed by atoms with Crippen LogP contribution in [0.25, 0.3) is 0 Å². The van der Waals surface area contributed by atoms with Crippen molar-refractivity contribution >= 4 is 18.3 Å². The van der Waals surface area contributed by atoms with E-state index in [0.717, 1.165) is 12.4 Å². The molecule has 2 N–H and O–H groups in total. The quantitative estimate of drug-likeness (QED) is 0.508. The molecule has 5 atom stereocenters. The maximum atomic E-state index is 13.7. The van der Waals surface area contributed by atoms with Gasteiger partial charge < -0.3 is 25.1 Å². The predicted molar refractivity (Wildman–Crippen MR) is 131 cm³/mol. The molecule has 2 aliphatic heterocycles. The van der Waals surface area contributed by atoms with Crippen LogP contribution in [0.1, 0.15) is 58.6 Å². The van der Waals surface area contributed by atoms with Gasteiger partial charge in [0.15, 0.2) is 0 Å². The highest BCUT2D eigenvalue weighted by Crippen LogP contribution is 2.24. The van der Waals surface area contributed by atoms with Gasteiger partial charge in [-0.15, -0.1) is 0 Å². The number of hydrogen-bond donors (Lipinski definition) is 2. The van der Waals surface area contributed by atoms with Crippen LogP contribution in [-0.2, 0) is 14.3 Å². The van der Waals surface area contributed by atoms with Crippen molar-refractivity contribution in [2.75, 3.05) is 19.6 Å². The molecule has 0 radical (unpaired) electrons. The lowest BCUT2D eigenvalue weighted by Gasteiger charge is -2.31. The second-order valence-electron chi connectivity index (χ2n) is 10.7. The minimum Gasteiger partial charge on any atom is -0.444 e. The molecule has 37 heavy (non-hydrogen) atoms. The number of carbonyl (C=O) groups is 3. The smallest absolute Gasteiger partial charge is 0.408 e. The Hall–Kier alpha value is -3.10. The number of alkyl carbamates (subject to hydrolysis) is 1. The zero-order chi connectivity index (χ0) is 27.3. The highest BCUT2D eigenvalue weighted by atomic mass is 19.1. The molecule has 2 fully saturated rings. The Kier molecular flexibility index (Phi) is 9.21. The maximum Gasteiger partial charge on any atom is 0.408 e. The summed E-state index contributed by atoms with van der Waals surface area (Å²) in [6.07, 6.45) is 1.69. The number of nitrogens with zero attached hydrogens (tertiary/aromatic N) is 3. The SMILES string of the molecule is C[C@H](NC1CC(C=O)N(CC(NC(=O)OC(C)(C)C)C(=O)N2CCCC2C#N)C1)c1cc(F)cc(F)c1. The topological polar surface area (TPSA) is 115 Å². The van der Waals surface area contributed by atoms with E-state index >= 15 is 0 Å². The number of nitrogens with one attached hydrogen (secondary N) is 2. The fraction of sp³-hybridized carbons (Fsp3) is 0.615. The molecular formula is C26H35F2N5O4. The van der Waals surface area contributed by atoms with Gasteiger partial charge in [-0.1, -0.05) is 0 Å². The maximum absolute atomic E-state index is 13.7. The average Bonchev–Trinajstić information content (AvgIpc) is 3.42. The van der Waals surface area contributed by atoms with Gasteiger partial charge in [0, 0.05) is 37.8 Å². The molecule has 2 amide bonds. The van der Waals surface area contributed by atoms with E-state index in [9.17, 15) is 28.4 Å². The average molecular weight is 520 g/mol. The van der Waals surface area contributed by atoms with Crippen LogP contribution < -0.4 is 10.6 Å². The number of amides is 2. The molecule has 3 rings (SSSR count). The number of ether oxygens (including phenoxy) is 1. The van der Waals surface area contributed by atoms with Crippen LogP contribution >= 0.6 is 0 Å². The first-order valence-corrected chi connectivity index (χ1v) is 12.5. The van der Waals surface area contributed by atoms with Crippen molar-refractivity contribution in [2.24, 2.45) is 0 Å². The summed E-state index contributed by atoms with van der Waals surface area (Å²) in [5, 5.41) is 15.4. The van der Waals surface area contributed by atoms with Gasteiger partial charge >= 0.3 is 6.09 Å². The third kappa shape index (κ3) is 7.69. The summed E-state index contributed by atoms with van der Waals surface area (Å²) in [7, 11) is 0. The summed E-state index contributed by atoms with van der Waals surface area (Å²) in [5.74, 6) is -1.75. The first kappa shape index (κ1) is 28.5. The molecule has 0 spiro atoms. The largest absolute Gasteiger partial charge is 0.444 e. The second kappa shape index (κ2) is 12.0. The lowest BCUT2D eigenvalue weighted by atomic mass is 10.1. The summed E-state index contributed by atoms with van der Waals surface area (Å²) in [5.41, 5.74) is -0.337. The monoisotopic (exact) mass is 519 g/mol. The Morgan fingerprint density at radius 1 is 1.27 bits per heavy atom. The summed E-state index contributed by atoms with van der Waals surface area (Å²) in [4.78, 5) is 41.1. The number of carbonyl (C=O) groups excluding carboxylic acids is 3. The number of benzene rings is 1. The number of rotatable bonds is 8. The van der Waals surface area contributed by atoms with Gasteiger partial charge in [-0.05, 0) is 64.7 Å². The number of likely N-dealkylation sites (tertiary alicyclic amines) is 2. The molecule has 4 unspecified atom stereocenters. The minimum absolute atomic E-state index is 0.0390. The zero-order valence-electron chi connectivity index (χ0n) is 21.7. The molecule has 0 bridgehead atoms. The van der Waals surface area contributed by atoms with Crippen LogP contribution in [0.4, 0.5) is 13.6 Å². The highest BCUT2D eigenvalue weighted by Gasteiger charge is 2.39. The molecule has 2 aliphatic rings. The fourth-order valence-corrected chi connectivity index (χ4v) is 4.92. The van der Waals surface area contributed by atoms with Crippen molar-refractivity contribution in [1.29, 1.82) is 5.26 Å². The summed E-state index contributed by atoms with van der Waals surface area (Å²) in [6, 6.07) is 2.73. The van der Waals surface area contributed by atoms with E-state index in [4.69, 9.17) is 4.74 Å². The van der Waals surface area contributed by atoms with Gasteiger partial charge in [-0.3, -0.25) is 9.69 Å². The molecule has 11 heteroatoms. The Balaban J connectivity index is 1.73. The zero-order valence-corrected chi connectivity index (χ0v) is 21.7. The second-order valence-corrected chi connectivity index (χ2v) is 10.7. The fourth-order valence-electron chi connectivity index (χ4n) is 4.92. The summed E-state index contributed by atoms with van der Waals surface area (Å²) < 4.78 is 32.7. The summed E-state index contributed by atoms with van der Waals surface area (Å²) >= 11 is 0. The van der Waals surface area contributed by atoms with E-state index in [1.165, 1.54) is 17.0 Å². The van der Waals surface area contributed by atoms with E-state index in [2.05, 4.69) is 16.7 Å². The van der Waals surface area contributed by atoms with Crippen molar-refractivity contribution in [3.05, 3.63) is 35.4 Å². The van der Waals surface area contributed by atoms with Crippen molar-refractivity contribution in [2.45, 2.75) is 82.8 Å². The van der Waals surface area contributed by atoms with Crippen molar-refractivity contribution in [3.63, 3.8) is 0 Å². The van der Waals surface area contributed by atoms with Crippen molar-refractivity contribution < 1.29 is 27.9 Å². The normalized spacial score (nSPS) is 23.8. The van der Waals surface area contributed by atoms with Gasteiger partial charge in [-0.25, -0.2) is 13.6 Å². The predicted octanol–water partition coefficient (Wildman–Crippen LogP) is 2.67. The standard InChI is InChI=1S/C26H35F2N5O4/c1-16(17-8-18(27)10-19(28)9-17)30-20-11-22(15-34)32(13-20)14-23(31-25(36)37-26(2,3)4)24(35)33-7-5-6-21(33)12-29/h8-10,15-16,20-23,30H,5-7,11,13-14H2,1-4H3,(H,31,36)/t16-,20?,21?,22?,23?/m0/s1. The van der Waals surface area contributed by atoms with Gasteiger partial charge in [0.2, 0.25) is 5.91 Å². The lowest BCUT2D eigenvalue weighted by molar-refractivity contribution is -0.134. The Morgan fingerprint density at radius 2 is 1.95 bits per heavy atom. The van der Waals surface area contributed by atoms with E-state index in [1.807, 2.05) is 0 Å². The molecule has 1 aromatic rings. The molecule has 0 aliphatic carbocycles. The number of nitriles is 1. The molecule has 0 saturated carbocycles. The number of halogens is 2. The van der Waals surface area contributed by atoms with E-state index in [-0.39, 0.29) is 18.6 Å². The van der Waals surface area contributed by atoms with Crippen LogP contribution in [0.5, 0.6) is 0 Å². The first-order valence-electron chi connectivity index (χ1n) is 12.5. The van der Waals surface area contributed by atoms with E-state index in [0.29, 0.717) is 37.9 Å². The van der Waals surface area contributed by atoms with E-state index in [1.54, 1.807) is 32.6 Å². The molecule has 0 aromatic heterocycles. The highest BCUT2D eigenvalue weighted by molar-refractivity contribution is 5.86. The third-order valence-electron chi connectivity index (χ3n) is 6.57. The van der Waals surface area contributed by atoms with Crippen LogP contribution in [0.2, 0.25) is 0 Å². The van der Waals surface area contributed by atoms with Gasteiger partial charge in [-0.2, -0.15) is 5.26 Å². The van der Waals surface area contributed by atoms with Crippen LogP contribution in [0, 0.1) is 23.0 Å². The van der Waals surface area contributed by atoms with Gasteiger partial charge in [0.25, 0.3) is 0 Å². The summed E-state index contributed by atoms with van der Waals surface area (Å²) in [6.45, 7) is 7.72. The molecule has 2 saturated heterocycles. The number of hydrogen-bond acceptors (Lipinski definition) is 7. The Morgan fingerprint density at radius 3 is 2.54 bits per heavy atom.